The smallest absolute Gasteiger partial charge is 0.257 e. The highest BCUT2D eigenvalue weighted by Gasteiger charge is 2.22. The van der Waals surface area contributed by atoms with E-state index in [-0.39, 0.29) is 12.5 Å². The summed E-state index contributed by atoms with van der Waals surface area (Å²) in [6.07, 6.45) is 1.92. The Morgan fingerprint density at radius 1 is 0.968 bits per heavy atom. The number of benzene rings is 3. The van der Waals surface area contributed by atoms with Gasteiger partial charge < -0.3 is 15.2 Å². The molecule has 1 unspecified atom stereocenters. The van der Waals surface area contributed by atoms with Gasteiger partial charge in [-0.2, -0.15) is 0 Å². The molecule has 31 heavy (non-hydrogen) atoms. The summed E-state index contributed by atoms with van der Waals surface area (Å²) in [5.74, 6) is -2.73. The lowest BCUT2D eigenvalue weighted by Crippen LogP contribution is -2.30. The van der Waals surface area contributed by atoms with Gasteiger partial charge in [-0.15, -0.1) is 0 Å². The molecular weight excluding hydrogens is 396 g/mol. The number of aromatic amines is 1. The molecule has 0 aliphatic rings. The lowest BCUT2D eigenvalue weighted by Gasteiger charge is -2.20. The minimum absolute atomic E-state index is 0.190. The van der Waals surface area contributed by atoms with Crippen LogP contribution in [0.4, 0.5) is 14.5 Å². The van der Waals surface area contributed by atoms with Crippen molar-refractivity contribution in [1.29, 1.82) is 0 Å². The first-order valence-electron chi connectivity index (χ1n) is 10.0. The first-order valence-corrected chi connectivity index (χ1v) is 10.0. The lowest BCUT2D eigenvalue weighted by atomic mass is 9.90. The van der Waals surface area contributed by atoms with Crippen LogP contribution in [0.1, 0.15) is 27.4 Å². The van der Waals surface area contributed by atoms with Crippen LogP contribution in [0.15, 0.2) is 72.9 Å². The van der Waals surface area contributed by atoms with Crippen LogP contribution in [-0.2, 0) is 0 Å². The molecule has 0 fully saturated rings. The van der Waals surface area contributed by atoms with Gasteiger partial charge in [-0.3, -0.25) is 4.79 Å². The quantitative estimate of drug-likeness (QED) is 0.458. The fourth-order valence-corrected chi connectivity index (χ4v) is 3.79. The van der Waals surface area contributed by atoms with Crippen molar-refractivity contribution < 1.29 is 13.6 Å². The van der Waals surface area contributed by atoms with E-state index in [2.05, 4.69) is 10.3 Å². The van der Waals surface area contributed by atoms with Gasteiger partial charge in [-0.05, 0) is 41.5 Å². The molecule has 4 rings (SSSR count). The summed E-state index contributed by atoms with van der Waals surface area (Å²) in [5.41, 5.74) is 3.47. The lowest BCUT2D eigenvalue weighted by molar-refractivity contribution is 0.0944. The number of nitrogens with zero attached hydrogens (tertiary/aromatic N) is 1. The molecule has 0 radical (unpaired) electrons. The van der Waals surface area contributed by atoms with Crippen LogP contribution in [0, 0.1) is 11.6 Å². The molecule has 0 saturated carbocycles. The molecule has 1 atom stereocenters. The van der Waals surface area contributed by atoms with Crippen LogP contribution in [0.2, 0.25) is 0 Å². The number of hydrogen-bond donors (Lipinski definition) is 2. The van der Waals surface area contributed by atoms with Crippen LogP contribution in [0.5, 0.6) is 0 Å². The standard InChI is InChI=1S/C25H23F2N3O/c1-30(2)17-12-10-16(11-13-17)19(20-15-28-23-9-4-3-6-18(20)23)14-29-25(31)24-21(26)7-5-8-22(24)27/h3-13,15,19,28H,14H2,1-2H3,(H,29,31). The predicted molar refractivity (Wildman–Crippen MR) is 120 cm³/mol. The highest BCUT2D eigenvalue weighted by atomic mass is 19.1. The molecule has 1 heterocycles. The van der Waals surface area contributed by atoms with Crippen molar-refractivity contribution in [1.82, 2.24) is 10.3 Å². The van der Waals surface area contributed by atoms with Gasteiger partial charge in [0, 0.05) is 49.3 Å². The van der Waals surface area contributed by atoms with Crippen molar-refractivity contribution in [3.8, 4) is 0 Å². The van der Waals surface area contributed by atoms with Crippen LogP contribution >= 0.6 is 0 Å². The monoisotopic (exact) mass is 419 g/mol. The Morgan fingerprint density at radius 2 is 1.65 bits per heavy atom. The fourth-order valence-electron chi connectivity index (χ4n) is 3.79. The van der Waals surface area contributed by atoms with Crippen LogP contribution in [0.3, 0.4) is 0 Å². The Balaban J connectivity index is 1.68. The zero-order valence-electron chi connectivity index (χ0n) is 17.3. The topological polar surface area (TPSA) is 48.1 Å². The van der Waals surface area contributed by atoms with Gasteiger partial charge in [-0.1, -0.05) is 36.4 Å². The number of carbonyl (C=O) groups excluding carboxylic acids is 1. The molecule has 2 N–H and O–H groups in total. The summed E-state index contributed by atoms with van der Waals surface area (Å²) in [6, 6.07) is 19.3. The Hall–Kier alpha value is -3.67. The summed E-state index contributed by atoms with van der Waals surface area (Å²) in [7, 11) is 3.94. The van der Waals surface area contributed by atoms with Gasteiger partial charge in [0.15, 0.2) is 0 Å². The van der Waals surface area contributed by atoms with E-state index in [0.29, 0.717) is 0 Å². The normalized spacial score (nSPS) is 12.0. The minimum atomic E-state index is -0.878. The third-order valence-corrected chi connectivity index (χ3v) is 5.47. The fraction of sp³-hybridized carbons (Fsp3) is 0.160. The number of rotatable bonds is 6. The molecule has 4 nitrogen and oxygen atoms in total. The highest BCUT2D eigenvalue weighted by Crippen LogP contribution is 2.31. The molecule has 0 bridgehead atoms. The molecule has 6 heteroatoms. The van der Waals surface area contributed by atoms with Crippen molar-refractivity contribution in [2.75, 3.05) is 25.5 Å². The molecular formula is C25H23F2N3O. The number of amides is 1. The number of nitrogens with one attached hydrogen (secondary N) is 2. The summed E-state index contributed by atoms with van der Waals surface area (Å²) in [4.78, 5) is 17.9. The number of halogens is 2. The van der Waals surface area contributed by atoms with Crippen molar-refractivity contribution in [3.63, 3.8) is 0 Å². The molecule has 0 aliphatic carbocycles. The molecule has 3 aromatic carbocycles. The van der Waals surface area contributed by atoms with Crippen LogP contribution < -0.4 is 10.2 Å². The van der Waals surface area contributed by atoms with Crippen molar-refractivity contribution in [2.45, 2.75) is 5.92 Å². The Morgan fingerprint density at radius 3 is 2.32 bits per heavy atom. The predicted octanol–water partition coefficient (Wildman–Crippen LogP) is 5.07. The van der Waals surface area contributed by atoms with Gasteiger partial charge >= 0.3 is 0 Å². The van der Waals surface area contributed by atoms with Crippen LogP contribution in [0.25, 0.3) is 10.9 Å². The molecule has 0 saturated heterocycles. The summed E-state index contributed by atoms with van der Waals surface area (Å²) in [5, 5.41) is 3.76. The molecule has 158 valence electrons. The van der Waals surface area contributed by atoms with E-state index in [0.717, 1.165) is 39.8 Å². The number of para-hydroxylation sites is 1. The highest BCUT2D eigenvalue weighted by molar-refractivity contribution is 5.95. The largest absolute Gasteiger partial charge is 0.378 e. The minimum Gasteiger partial charge on any atom is -0.378 e. The van der Waals surface area contributed by atoms with E-state index in [9.17, 15) is 13.6 Å². The van der Waals surface area contributed by atoms with Gasteiger partial charge in [0.1, 0.15) is 17.2 Å². The van der Waals surface area contributed by atoms with Gasteiger partial charge in [0.05, 0.1) is 0 Å². The summed E-state index contributed by atoms with van der Waals surface area (Å²) in [6.45, 7) is 0.190. The average molecular weight is 419 g/mol. The van der Waals surface area contributed by atoms with Gasteiger partial charge in [0.25, 0.3) is 5.91 Å². The first-order chi connectivity index (χ1) is 15.0. The zero-order chi connectivity index (χ0) is 22.0. The van der Waals surface area contributed by atoms with E-state index in [1.807, 2.05) is 73.7 Å². The molecule has 0 aliphatic heterocycles. The van der Waals surface area contributed by atoms with E-state index < -0.39 is 23.1 Å². The Kier molecular flexibility index (Phi) is 5.71. The van der Waals surface area contributed by atoms with Crippen molar-refractivity contribution in [3.05, 3.63) is 101 Å². The number of fused-ring (bicyclic) bond motifs is 1. The number of anilines is 1. The molecule has 1 amide bonds. The Labute approximate surface area is 179 Å². The number of H-pyrrole nitrogens is 1. The maximum atomic E-state index is 14.0. The van der Waals surface area contributed by atoms with E-state index in [1.165, 1.54) is 6.07 Å². The average Bonchev–Trinajstić information content (AvgIpc) is 3.18. The third-order valence-electron chi connectivity index (χ3n) is 5.47. The number of aromatic nitrogens is 1. The van der Waals surface area contributed by atoms with E-state index in [4.69, 9.17) is 0 Å². The SMILES string of the molecule is CN(C)c1ccc(C(CNC(=O)c2c(F)cccc2F)c2c[nH]c3ccccc23)cc1. The first kappa shape index (κ1) is 20.6. The summed E-state index contributed by atoms with van der Waals surface area (Å²) < 4.78 is 28.1. The molecule has 0 spiro atoms. The third kappa shape index (κ3) is 4.14. The van der Waals surface area contributed by atoms with E-state index >= 15 is 0 Å². The van der Waals surface area contributed by atoms with E-state index in [1.54, 1.807) is 0 Å². The zero-order valence-corrected chi connectivity index (χ0v) is 17.3. The maximum absolute atomic E-state index is 14.0. The van der Waals surface area contributed by atoms with Gasteiger partial charge in [-0.25, -0.2) is 8.78 Å². The van der Waals surface area contributed by atoms with Crippen molar-refractivity contribution in [2.24, 2.45) is 0 Å². The second-order valence-electron chi connectivity index (χ2n) is 7.63. The maximum Gasteiger partial charge on any atom is 0.257 e. The number of hydrogen-bond acceptors (Lipinski definition) is 2. The summed E-state index contributed by atoms with van der Waals surface area (Å²) >= 11 is 0. The van der Waals surface area contributed by atoms with Crippen LogP contribution in [-0.4, -0.2) is 31.5 Å². The Bertz CT molecular complexity index is 1190. The second-order valence-corrected chi connectivity index (χ2v) is 7.63. The number of carbonyl (C=O) groups is 1. The molecule has 4 aromatic rings. The van der Waals surface area contributed by atoms with Gasteiger partial charge in [0.2, 0.25) is 0 Å². The van der Waals surface area contributed by atoms with Crippen molar-refractivity contribution >= 4 is 22.5 Å². The second kappa shape index (κ2) is 8.60. The molecule has 1 aromatic heterocycles.